The Labute approximate surface area is 68.6 Å². The Balaban J connectivity index is 2.59. The van der Waals surface area contributed by atoms with Crippen molar-refractivity contribution in [3.05, 3.63) is 0 Å². The summed E-state index contributed by atoms with van der Waals surface area (Å²) in [5, 5.41) is 9.06. The lowest BCUT2D eigenvalue weighted by atomic mass is 9.88. The van der Waals surface area contributed by atoms with E-state index in [1.165, 1.54) is 0 Å². The maximum absolute atomic E-state index is 9.06. The molecule has 0 radical (unpaired) electrons. The van der Waals surface area contributed by atoms with Gasteiger partial charge < -0.3 is 9.84 Å². The zero-order chi connectivity index (χ0) is 8.54. The maximum atomic E-state index is 9.06. The second kappa shape index (κ2) is 2.76. The molecule has 1 aliphatic heterocycles. The van der Waals surface area contributed by atoms with E-state index in [0.29, 0.717) is 0 Å². The molecule has 1 unspecified atom stereocenters. The molecule has 66 valence electrons. The minimum Gasteiger partial charge on any atom is -0.393 e. The third-order valence-corrected chi connectivity index (χ3v) is 2.34. The number of ether oxygens (including phenoxy) is 1. The van der Waals surface area contributed by atoms with Crippen molar-refractivity contribution in [2.75, 3.05) is 6.61 Å². The van der Waals surface area contributed by atoms with Crippen molar-refractivity contribution in [2.45, 2.75) is 51.2 Å². The quantitative estimate of drug-likeness (QED) is 0.629. The summed E-state index contributed by atoms with van der Waals surface area (Å²) < 4.78 is 5.76. The minimum absolute atomic E-state index is 0.0459. The fourth-order valence-electron chi connectivity index (χ4n) is 1.77. The van der Waals surface area contributed by atoms with E-state index in [9.17, 15) is 0 Å². The van der Waals surface area contributed by atoms with Gasteiger partial charge in [-0.05, 0) is 40.0 Å². The summed E-state index contributed by atoms with van der Waals surface area (Å²) in [7, 11) is 0. The summed E-state index contributed by atoms with van der Waals surface area (Å²) in [4.78, 5) is 0. The number of rotatable bonds is 1. The van der Waals surface area contributed by atoms with Crippen LogP contribution in [0.3, 0.4) is 0 Å². The lowest BCUT2D eigenvalue weighted by Gasteiger charge is -2.42. The van der Waals surface area contributed by atoms with Gasteiger partial charge in [0.1, 0.15) is 0 Å². The van der Waals surface area contributed by atoms with Crippen LogP contribution >= 0.6 is 0 Å². The van der Waals surface area contributed by atoms with E-state index in [-0.39, 0.29) is 17.8 Å². The summed E-state index contributed by atoms with van der Waals surface area (Å²) in [5.74, 6) is 0. The Morgan fingerprint density at radius 1 is 1.27 bits per heavy atom. The molecule has 2 nitrogen and oxygen atoms in total. The zero-order valence-electron chi connectivity index (χ0n) is 7.68. The van der Waals surface area contributed by atoms with Crippen molar-refractivity contribution in [2.24, 2.45) is 0 Å². The molecule has 1 atom stereocenters. The molecule has 1 heterocycles. The highest BCUT2D eigenvalue weighted by Gasteiger charge is 2.36. The van der Waals surface area contributed by atoms with E-state index >= 15 is 0 Å². The van der Waals surface area contributed by atoms with Gasteiger partial charge in [-0.2, -0.15) is 0 Å². The molecule has 1 aliphatic rings. The molecule has 0 spiro atoms. The van der Waals surface area contributed by atoms with Crippen LogP contribution < -0.4 is 0 Å². The predicted molar refractivity (Wildman–Crippen MR) is 44.5 cm³/mol. The number of hydrogen-bond donors (Lipinski definition) is 1. The van der Waals surface area contributed by atoms with Gasteiger partial charge in [0.25, 0.3) is 0 Å². The lowest BCUT2D eigenvalue weighted by molar-refractivity contribution is -0.181. The van der Waals surface area contributed by atoms with Gasteiger partial charge >= 0.3 is 0 Å². The predicted octanol–water partition coefficient (Wildman–Crippen LogP) is 1.72. The molecule has 0 saturated carbocycles. The second-order valence-corrected chi connectivity index (χ2v) is 4.32. The van der Waals surface area contributed by atoms with E-state index in [1.54, 1.807) is 0 Å². The first-order chi connectivity index (χ1) is 4.97. The Hall–Kier alpha value is -0.0800. The fraction of sp³-hybridized carbons (Fsp3) is 1.00. The van der Waals surface area contributed by atoms with Crippen LogP contribution in [0.1, 0.15) is 40.0 Å². The van der Waals surface area contributed by atoms with Gasteiger partial charge in [0.15, 0.2) is 0 Å². The largest absolute Gasteiger partial charge is 0.393 e. The average molecular weight is 158 g/mol. The van der Waals surface area contributed by atoms with Crippen LogP contribution in [0, 0.1) is 0 Å². The molecule has 1 N–H and O–H groups in total. The van der Waals surface area contributed by atoms with Gasteiger partial charge in [-0.1, -0.05) is 0 Å². The van der Waals surface area contributed by atoms with Crippen LogP contribution in [-0.4, -0.2) is 22.9 Å². The van der Waals surface area contributed by atoms with Crippen LogP contribution in [0.15, 0.2) is 0 Å². The molecule has 1 fully saturated rings. The van der Waals surface area contributed by atoms with Crippen LogP contribution in [0.2, 0.25) is 0 Å². The maximum Gasteiger partial charge on any atom is 0.0891 e. The number of aliphatic hydroxyl groups excluding tert-OH is 1. The Kier molecular flexibility index (Phi) is 2.26. The van der Waals surface area contributed by atoms with E-state index in [0.717, 1.165) is 19.3 Å². The Morgan fingerprint density at radius 3 is 2.27 bits per heavy atom. The zero-order valence-corrected chi connectivity index (χ0v) is 7.68. The highest BCUT2D eigenvalue weighted by molar-refractivity contribution is 4.85. The van der Waals surface area contributed by atoms with Crippen molar-refractivity contribution in [3.63, 3.8) is 0 Å². The third-order valence-electron chi connectivity index (χ3n) is 2.34. The molecule has 0 aromatic carbocycles. The van der Waals surface area contributed by atoms with Crippen LogP contribution in [0.4, 0.5) is 0 Å². The smallest absolute Gasteiger partial charge is 0.0891 e. The first-order valence-corrected chi connectivity index (χ1v) is 4.29. The molecule has 0 bridgehead atoms. The Bertz CT molecular complexity index is 142. The van der Waals surface area contributed by atoms with Gasteiger partial charge in [-0.15, -0.1) is 0 Å². The minimum atomic E-state index is -0.290. The topological polar surface area (TPSA) is 29.5 Å². The molecule has 1 rings (SSSR count). The highest BCUT2D eigenvalue weighted by atomic mass is 16.5. The van der Waals surface area contributed by atoms with Crippen molar-refractivity contribution in [1.82, 2.24) is 0 Å². The SMILES string of the molecule is CC1(C)CCCC(C)(CO)O1. The Morgan fingerprint density at radius 2 is 1.91 bits per heavy atom. The van der Waals surface area contributed by atoms with Gasteiger partial charge in [-0.25, -0.2) is 0 Å². The molecule has 1 saturated heterocycles. The summed E-state index contributed by atoms with van der Waals surface area (Å²) in [6, 6.07) is 0. The van der Waals surface area contributed by atoms with Crippen molar-refractivity contribution in [1.29, 1.82) is 0 Å². The fourth-order valence-corrected chi connectivity index (χ4v) is 1.77. The second-order valence-electron chi connectivity index (χ2n) is 4.32. The van der Waals surface area contributed by atoms with Crippen LogP contribution in [-0.2, 0) is 4.74 Å². The standard InChI is InChI=1S/C9H18O2/c1-8(2)5-4-6-9(3,7-10)11-8/h10H,4-7H2,1-3H3. The molecule has 11 heavy (non-hydrogen) atoms. The van der Waals surface area contributed by atoms with Gasteiger partial charge in [-0.3, -0.25) is 0 Å². The van der Waals surface area contributed by atoms with Gasteiger partial charge in [0, 0.05) is 0 Å². The first-order valence-electron chi connectivity index (χ1n) is 4.29. The normalized spacial score (nSPS) is 37.1. The van der Waals surface area contributed by atoms with Crippen molar-refractivity contribution in [3.8, 4) is 0 Å². The summed E-state index contributed by atoms with van der Waals surface area (Å²) >= 11 is 0. The van der Waals surface area contributed by atoms with E-state index in [1.807, 2.05) is 6.92 Å². The molecular formula is C9H18O2. The molecular weight excluding hydrogens is 140 g/mol. The van der Waals surface area contributed by atoms with E-state index < -0.39 is 0 Å². The summed E-state index contributed by atoms with van der Waals surface area (Å²) in [5.41, 5.74) is -0.336. The van der Waals surface area contributed by atoms with Crippen molar-refractivity contribution < 1.29 is 9.84 Å². The number of hydrogen-bond acceptors (Lipinski definition) is 2. The average Bonchev–Trinajstić information content (AvgIpc) is 1.85. The van der Waals surface area contributed by atoms with Crippen LogP contribution in [0.5, 0.6) is 0 Å². The third kappa shape index (κ3) is 2.17. The van der Waals surface area contributed by atoms with E-state index in [2.05, 4.69) is 13.8 Å². The monoisotopic (exact) mass is 158 g/mol. The summed E-state index contributed by atoms with van der Waals surface area (Å²) in [6.07, 6.45) is 3.24. The van der Waals surface area contributed by atoms with Crippen molar-refractivity contribution >= 4 is 0 Å². The molecule has 0 aliphatic carbocycles. The van der Waals surface area contributed by atoms with Gasteiger partial charge in [0.05, 0.1) is 17.8 Å². The van der Waals surface area contributed by atoms with Gasteiger partial charge in [0.2, 0.25) is 0 Å². The molecule has 0 aromatic rings. The molecule has 0 amide bonds. The van der Waals surface area contributed by atoms with E-state index in [4.69, 9.17) is 9.84 Å². The first kappa shape index (κ1) is 9.01. The molecule has 2 heteroatoms. The summed E-state index contributed by atoms with van der Waals surface area (Å²) in [6.45, 7) is 6.28. The highest BCUT2D eigenvalue weighted by Crippen LogP contribution is 2.34. The van der Waals surface area contributed by atoms with Crippen LogP contribution in [0.25, 0.3) is 0 Å². The molecule has 0 aromatic heterocycles. The number of aliphatic hydroxyl groups is 1. The lowest BCUT2D eigenvalue weighted by Crippen LogP contribution is -2.45.